The number of hydrogen-bond donors (Lipinski definition) is 0. The van der Waals surface area contributed by atoms with Crippen molar-refractivity contribution in [3.05, 3.63) is 0 Å². The van der Waals surface area contributed by atoms with E-state index in [0.717, 1.165) is 0 Å². The molecule has 0 aliphatic rings. The topological polar surface area (TPSA) is 43.4 Å². The van der Waals surface area contributed by atoms with Gasteiger partial charge in [0.15, 0.2) is 6.29 Å². The lowest BCUT2D eigenvalue weighted by atomic mass is 10.4. The third kappa shape index (κ3) is 3.19. The molecule has 0 N–H and O–H groups in total. The Kier molecular flexibility index (Phi) is 3.23. The molecule has 3 nitrogen and oxygen atoms in total. The molecule has 0 bridgehead atoms. The molecule has 0 aromatic carbocycles. The average Bonchev–Trinajstić information content (AvgIpc) is 1.68. The van der Waals surface area contributed by atoms with E-state index in [0.29, 0.717) is 0 Å². The highest BCUT2D eigenvalue weighted by molar-refractivity contribution is 6.26. The first-order valence-corrected chi connectivity index (χ1v) is 1.78. The maximum Gasteiger partial charge on any atom is 0.257 e. The Morgan fingerprint density at radius 3 is 2.57 bits per heavy atom. The van der Waals surface area contributed by atoms with E-state index in [1.165, 1.54) is 8.05 Å². The minimum atomic E-state index is -0.525. The fourth-order valence-electron chi connectivity index (χ4n) is 0.176. The summed E-state index contributed by atoms with van der Waals surface area (Å²) < 4.78 is 4.31. The number of hydrogen-bond acceptors (Lipinski definition) is 3. The largest absolute Gasteiger partial charge is 0.437 e. The third-order valence-corrected chi connectivity index (χ3v) is 0.418. The second kappa shape index (κ2) is 3.55. The normalized spacial score (nSPS) is 8.00. The van der Waals surface area contributed by atoms with E-state index in [-0.39, 0.29) is 12.9 Å². The molecular formula is C3H5BO3. The Hall–Kier alpha value is -0.635. The SMILES string of the molecule is BOCC(=O)C=O. The van der Waals surface area contributed by atoms with Crippen LogP contribution in [0.4, 0.5) is 0 Å². The van der Waals surface area contributed by atoms with Crippen LogP contribution in [0, 0.1) is 0 Å². The van der Waals surface area contributed by atoms with Crippen molar-refractivity contribution in [2.75, 3.05) is 6.61 Å². The zero-order valence-electron chi connectivity index (χ0n) is 4.01. The summed E-state index contributed by atoms with van der Waals surface area (Å²) in [6.45, 7) is -0.108. The van der Waals surface area contributed by atoms with E-state index in [2.05, 4.69) is 4.65 Å². The van der Waals surface area contributed by atoms with Gasteiger partial charge in [-0.15, -0.1) is 0 Å². The molecule has 4 heteroatoms. The van der Waals surface area contributed by atoms with E-state index in [4.69, 9.17) is 0 Å². The molecular weight excluding hydrogens is 94.8 g/mol. The number of carbonyl (C=O) groups is 2. The lowest BCUT2D eigenvalue weighted by Gasteiger charge is -1.84. The lowest BCUT2D eigenvalue weighted by Crippen LogP contribution is -2.06. The molecule has 0 rings (SSSR count). The maximum atomic E-state index is 9.92. The summed E-state index contributed by atoms with van der Waals surface area (Å²) in [5.41, 5.74) is 0. The summed E-state index contributed by atoms with van der Waals surface area (Å²) in [6, 6.07) is 0. The highest BCUT2D eigenvalue weighted by Crippen LogP contribution is 1.63. The van der Waals surface area contributed by atoms with Crippen LogP contribution >= 0.6 is 0 Å². The number of Topliss-reactive ketones (excluding diaryl/α,β-unsaturated/α-hetero) is 1. The Labute approximate surface area is 42.1 Å². The first kappa shape index (κ1) is 6.36. The van der Waals surface area contributed by atoms with Crippen LogP contribution in [0.25, 0.3) is 0 Å². The predicted octanol–water partition coefficient (Wildman–Crippen LogP) is -1.68. The van der Waals surface area contributed by atoms with Gasteiger partial charge in [0.2, 0.25) is 5.78 Å². The highest BCUT2D eigenvalue weighted by Gasteiger charge is 1.92. The highest BCUT2D eigenvalue weighted by atomic mass is 16.4. The molecule has 0 amide bonds. The summed E-state index contributed by atoms with van der Waals surface area (Å²) in [5.74, 6) is -0.525. The van der Waals surface area contributed by atoms with Crippen LogP contribution in [0.5, 0.6) is 0 Å². The van der Waals surface area contributed by atoms with E-state index in [1.54, 1.807) is 0 Å². The first-order chi connectivity index (χ1) is 3.31. The predicted molar refractivity (Wildman–Crippen MR) is 25.6 cm³/mol. The lowest BCUT2D eigenvalue weighted by molar-refractivity contribution is -0.131. The summed E-state index contributed by atoms with van der Waals surface area (Å²) in [5, 5.41) is 0. The Morgan fingerprint density at radius 2 is 2.43 bits per heavy atom. The van der Waals surface area contributed by atoms with E-state index in [1.807, 2.05) is 0 Å². The van der Waals surface area contributed by atoms with Gasteiger partial charge in [0, 0.05) is 0 Å². The minimum Gasteiger partial charge on any atom is -0.437 e. The van der Waals surface area contributed by atoms with Crippen molar-refractivity contribution >= 4 is 20.1 Å². The van der Waals surface area contributed by atoms with Gasteiger partial charge < -0.3 is 4.65 Å². The van der Waals surface area contributed by atoms with Crippen LogP contribution in [0.2, 0.25) is 0 Å². The number of carbonyl (C=O) groups excluding carboxylic acids is 2. The fraction of sp³-hybridized carbons (Fsp3) is 0.333. The van der Waals surface area contributed by atoms with Crippen LogP contribution < -0.4 is 0 Å². The van der Waals surface area contributed by atoms with Gasteiger partial charge in [-0.1, -0.05) is 0 Å². The summed E-state index contributed by atoms with van der Waals surface area (Å²) in [7, 11) is 1.36. The van der Waals surface area contributed by atoms with E-state index >= 15 is 0 Å². The van der Waals surface area contributed by atoms with Crippen LogP contribution in [0.3, 0.4) is 0 Å². The molecule has 0 saturated carbocycles. The fourth-order valence-corrected chi connectivity index (χ4v) is 0.176. The third-order valence-electron chi connectivity index (χ3n) is 0.418. The van der Waals surface area contributed by atoms with Crippen LogP contribution in [-0.4, -0.2) is 26.7 Å². The van der Waals surface area contributed by atoms with Crippen LogP contribution in [0.1, 0.15) is 0 Å². The van der Waals surface area contributed by atoms with Crippen molar-refractivity contribution in [1.82, 2.24) is 0 Å². The second-order valence-electron chi connectivity index (χ2n) is 1.02. The molecule has 0 aliphatic carbocycles. The zero-order valence-corrected chi connectivity index (χ0v) is 4.01. The summed E-state index contributed by atoms with van der Waals surface area (Å²) in [4.78, 5) is 19.4. The maximum absolute atomic E-state index is 9.92. The monoisotopic (exact) mass is 100 g/mol. The average molecular weight is 99.9 g/mol. The smallest absolute Gasteiger partial charge is 0.257 e. The molecule has 0 heterocycles. The quantitative estimate of drug-likeness (QED) is 0.241. The van der Waals surface area contributed by atoms with Crippen LogP contribution in [-0.2, 0) is 14.2 Å². The van der Waals surface area contributed by atoms with Gasteiger partial charge in [0.1, 0.15) is 0 Å². The molecule has 0 unspecified atom stereocenters. The van der Waals surface area contributed by atoms with Crippen molar-refractivity contribution in [1.29, 1.82) is 0 Å². The molecule has 0 aromatic rings. The Bertz CT molecular complexity index is 80.2. The Morgan fingerprint density at radius 1 is 1.86 bits per heavy atom. The zero-order chi connectivity index (χ0) is 5.70. The molecule has 0 aromatic heterocycles. The molecule has 0 saturated heterocycles. The molecule has 7 heavy (non-hydrogen) atoms. The van der Waals surface area contributed by atoms with Crippen molar-refractivity contribution < 1.29 is 14.2 Å². The molecule has 0 radical (unpaired) electrons. The number of aldehydes is 1. The standard InChI is InChI=1S/C3H5BO3/c4-7-2-3(6)1-5/h1H,2,4H2. The van der Waals surface area contributed by atoms with Crippen molar-refractivity contribution in [3.8, 4) is 0 Å². The number of ketones is 1. The van der Waals surface area contributed by atoms with Gasteiger partial charge in [-0.05, 0) is 0 Å². The minimum absolute atomic E-state index is 0.108. The first-order valence-electron chi connectivity index (χ1n) is 1.78. The molecule has 0 spiro atoms. The van der Waals surface area contributed by atoms with E-state index in [9.17, 15) is 9.59 Å². The number of rotatable bonds is 3. The van der Waals surface area contributed by atoms with Crippen LogP contribution in [0.15, 0.2) is 0 Å². The van der Waals surface area contributed by atoms with Gasteiger partial charge in [0.25, 0.3) is 8.05 Å². The molecule has 0 aliphatic heterocycles. The molecule has 0 atom stereocenters. The van der Waals surface area contributed by atoms with Crippen molar-refractivity contribution in [2.45, 2.75) is 0 Å². The van der Waals surface area contributed by atoms with Gasteiger partial charge in [-0.25, -0.2) is 0 Å². The molecule has 0 fully saturated rings. The summed E-state index contributed by atoms with van der Waals surface area (Å²) in [6.07, 6.45) is 0.240. The summed E-state index contributed by atoms with van der Waals surface area (Å²) >= 11 is 0. The van der Waals surface area contributed by atoms with Crippen molar-refractivity contribution in [2.24, 2.45) is 0 Å². The molecule has 38 valence electrons. The van der Waals surface area contributed by atoms with Crippen molar-refractivity contribution in [3.63, 3.8) is 0 Å². The van der Waals surface area contributed by atoms with Gasteiger partial charge in [0.05, 0.1) is 6.61 Å². The Balaban J connectivity index is 3.17. The van der Waals surface area contributed by atoms with Gasteiger partial charge in [-0.2, -0.15) is 0 Å². The van der Waals surface area contributed by atoms with E-state index < -0.39 is 5.78 Å². The van der Waals surface area contributed by atoms with Gasteiger partial charge in [-0.3, -0.25) is 9.59 Å². The van der Waals surface area contributed by atoms with Gasteiger partial charge >= 0.3 is 0 Å². The second-order valence-corrected chi connectivity index (χ2v) is 1.02.